The Kier molecular flexibility index (Phi) is 5.34. The number of thiazole rings is 1. The van der Waals surface area contributed by atoms with E-state index in [0.717, 1.165) is 30.9 Å². The minimum atomic E-state index is -0.545. The van der Waals surface area contributed by atoms with E-state index in [1.165, 1.54) is 11.3 Å². The van der Waals surface area contributed by atoms with E-state index in [1.807, 2.05) is 18.4 Å². The summed E-state index contributed by atoms with van der Waals surface area (Å²) in [4.78, 5) is 31.2. The third-order valence-electron chi connectivity index (χ3n) is 4.83. The fraction of sp³-hybridized carbons (Fsp3) is 0.500. The second-order valence-corrected chi connectivity index (χ2v) is 7.41. The molecule has 7 heteroatoms. The first kappa shape index (κ1) is 17.8. The minimum absolute atomic E-state index is 0.114. The Morgan fingerprint density at radius 2 is 2.16 bits per heavy atom. The van der Waals surface area contributed by atoms with E-state index in [1.54, 1.807) is 25.1 Å². The van der Waals surface area contributed by atoms with Gasteiger partial charge in [0, 0.05) is 24.5 Å². The van der Waals surface area contributed by atoms with Crippen LogP contribution < -0.4 is 10.9 Å². The number of amides is 1. The first-order valence-electron chi connectivity index (χ1n) is 8.51. The standard InChI is InChI=1S/C18H23N3O3S/c1-11-10-14(13-4-6-19-7-5-13)24-18(23)15(11)17(22)21(3)12(2)16-20-8-9-25-16/h8-10,12-13,19H,4-7H2,1-3H3. The second kappa shape index (κ2) is 7.49. The van der Waals surface area contributed by atoms with Crippen molar-refractivity contribution in [3.63, 3.8) is 0 Å². The van der Waals surface area contributed by atoms with Gasteiger partial charge in [0.2, 0.25) is 0 Å². The Hall–Kier alpha value is -1.99. The van der Waals surface area contributed by atoms with Gasteiger partial charge in [-0.25, -0.2) is 9.78 Å². The average molecular weight is 361 g/mol. The summed E-state index contributed by atoms with van der Waals surface area (Å²) in [6.45, 7) is 5.54. The summed E-state index contributed by atoms with van der Waals surface area (Å²) in [5.41, 5.74) is 0.244. The monoisotopic (exact) mass is 361 g/mol. The molecule has 1 fully saturated rings. The van der Waals surface area contributed by atoms with E-state index in [2.05, 4.69) is 10.3 Å². The van der Waals surface area contributed by atoms with Gasteiger partial charge >= 0.3 is 5.63 Å². The molecule has 0 radical (unpaired) electrons. The lowest BCUT2D eigenvalue weighted by molar-refractivity contribution is 0.0736. The van der Waals surface area contributed by atoms with Gasteiger partial charge in [-0.1, -0.05) is 0 Å². The van der Waals surface area contributed by atoms with Crippen LogP contribution in [-0.2, 0) is 0 Å². The van der Waals surface area contributed by atoms with Crippen LogP contribution in [0.3, 0.4) is 0 Å². The highest BCUT2D eigenvalue weighted by atomic mass is 32.1. The highest BCUT2D eigenvalue weighted by Crippen LogP contribution is 2.27. The zero-order chi connectivity index (χ0) is 18.0. The molecule has 25 heavy (non-hydrogen) atoms. The van der Waals surface area contributed by atoms with Gasteiger partial charge < -0.3 is 14.6 Å². The predicted molar refractivity (Wildman–Crippen MR) is 97.2 cm³/mol. The van der Waals surface area contributed by atoms with Gasteiger partial charge in [-0.15, -0.1) is 11.3 Å². The van der Waals surface area contributed by atoms with Crippen molar-refractivity contribution >= 4 is 17.2 Å². The molecular formula is C18H23N3O3S. The molecule has 1 aliphatic heterocycles. The quantitative estimate of drug-likeness (QED) is 0.906. The number of aromatic nitrogens is 1. The van der Waals surface area contributed by atoms with Crippen LogP contribution in [-0.4, -0.2) is 35.9 Å². The number of carbonyl (C=O) groups excluding carboxylic acids is 1. The number of nitrogens with zero attached hydrogens (tertiary/aromatic N) is 2. The number of rotatable bonds is 4. The molecule has 3 rings (SSSR count). The van der Waals surface area contributed by atoms with Gasteiger partial charge in [-0.3, -0.25) is 4.79 Å². The smallest absolute Gasteiger partial charge is 0.349 e. The molecule has 0 bridgehead atoms. The third-order valence-corrected chi connectivity index (χ3v) is 5.78. The molecular weight excluding hydrogens is 338 g/mol. The molecule has 6 nitrogen and oxygen atoms in total. The lowest BCUT2D eigenvalue weighted by Crippen LogP contribution is -2.34. The highest BCUT2D eigenvalue weighted by molar-refractivity contribution is 7.09. The summed E-state index contributed by atoms with van der Waals surface area (Å²) < 4.78 is 5.53. The summed E-state index contributed by atoms with van der Waals surface area (Å²) in [6, 6.07) is 1.65. The van der Waals surface area contributed by atoms with Crippen LogP contribution in [0.25, 0.3) is 0 Å². The summed E-state index contributed by atoms with van der Waals surface area (Å²) in [6.07, 6.45) is 3.59. The van der Waals surface area contributed by atoms with E-state index in [9.17, 15) is 9.59 Å². The maximum absolute atomic E-state index is 12.8. The summed E-state index contributed by atoms with van der Waals surface area (Å²) in [5.74, 6) is 0.603. The molecule has 1 N–H and O–H groups in total. The van der Waals surface area contributed by atoms with Gasteiger partial charge in [0.25, 0.3) is 5.91 Å². The van der Waals surface area contributed by atoms with Crippen LogP contribution >= 0.6 is 11.3 Å². The first-order valence-corrected chi connectivity index (χ1v) is 9.39. The van der Waals surface area contributed by atoms with Crippen molar-refractivity contribution in [2.45, 2.75) is 38.6 Å². The van der Waals surface area contributed by atoms with Crippen molar-refractivity contribution in [1.82, 2.24) is 15.2 Å². The third kappa shape index (κ3) is 3.67. The van der Waals surface area contributed by atoms with E-state index in [4.69, 9.17) is 4.42 Å². The average Bonchev–Trinajstić information content (AvgIpc) is 3.15. The molecule has 1 unspecified atom stereocenters. The molecule has 3 heterocycles. The number of hydrogen-bond acceptors (Lipinski definition) is 6. The van der Waals surface area contributed by atoms with E-state index in [0.29, 0.717) is 11.3 Å². The molecule has 1 aliphatic rings. The van der Waals surface area contributed by atoms with Crippen LogP contribution in [0.2, 0.25) is 0 Å². The lowest BCUT2D eigenvalue weighted by Gasteiger charge is -2.24. The normalized spacial score (nSPS) is 16.6. The maximum atomic E-state index is 12.8. The second-order valence-electron chi connectivity index (χ2n) is 6.48. The molecule has 0 spiro atoms. The number of piperidine rings is 1. The topological polar surface area (TPSA) is 75.4 Å². The molecule has 0 saturated carbocycles. The molecule has 0 aromatic carbocycles. The Morgan fingerprint density at radius 3 is 2.76 bits per heavy atom. The van der Waals surface area contributed by atoms with Crippen molar-refractivity contribution < 1.29 is 9.21 Å². The Morgan fingerprint density at radius 1 is 1.44 bits per heavy atom. The molecule has 0 aliphatic carbocycles. The summed E-state index contributed by atoms with van der Waals surface area (Å²) in [7, 11) is 1.69. The Labute approximate surface area is 150 Å². The predicted octanol–water partition coefficient (Wildman–Crippen LogP) is 2.70. The SMILES string of the molecule is Cc1cc(C2CCNCC2)oc(=O)c1C(=O)N(C)C(C)c1nccs1. The lowest BCUT2D eigenvalue weighted by atomic mass is 9.94. The largest absolute Gasteiger partial charge is 0.427 e. The fourth-order valence-electron chi connectivity index (χ4n) is 3.16. The van der Waals surface area contributed by atoms with Crippen molar-refractivity contribution in [3.05, 3.63) is 50.0 Å². The van der Waals surface area contributed by atoms with E-state index in [-0.39, 0.29) is 23.4 Å². The van der Waals surface area contributed by atoms with Crippen LogP contribution in [0.4, 0.5) is 0 Å². The van der Waals surface area contributed by atoms with Gasteiger partial charge in [-0.2, -0.15) is 0 Å². The van der Waals surface area contributed by atoms with Gasteiger partial charge in [0.15, 0.2) is 0 Å². The number of carbonyl (C=O) groups is 1. The first-order chi connectivity index (χ1) is 12.0. The summed E-state index contributed by atoms with van der Waals surface area (Å²) >= 11 is 1.49. The van der Waals surface area contributed by atoms with Crippen molar-refractivity contribution in [2.24, 2.45) is 0 Å². The number of hydrogen-bond donors (Lipinski definition) is 1. The zero-order valence-corrected chi connectivity index (χ0v) is 15.6. The molecule has 1 amide bonds. The Balaban J connectivity index is 1.86. The Bertz CT molecular complexity index is 794. The zero-order valence-electron chi connectivity index (χ0n) is 14.7. The van der Waals surface area contributed by atoms with Crippen LogP contribution in [0.5, 0.6) is 0 Å². The van der Waals surface area contributed by atoms with Crippen LogP contribution in [0.1, 0.15) is 58.4 Å². The molecule has 1 atom stereocenters. The van der Waals surface area contributed by atoms with Gasteiger partial charge in [0.1, 0.15) is 16.3 Å². The van der Waals surface area contributed by atoms with E-state index >= 15 is 0 Å². The maximum Gasteiger partial charge on any atom is 0.349 e. The van der Waals surface area contributed by atoms with Gasteiger partial charge in [-0.05, 0) is 51.4 Å². The summed E-state index contributed by atoms with van der Waals surface area (Å²) in [5, 5.41) is 6.01. The van der Waals surface area contributed by atoms with Crippen molar-refractivity contribution in [2.75, 3.05) is 20.1 Å². The van der Waals surface area contributed by atoms with E-state index < -0.39 is 5.63 Å². The van der Waals surface area contributed by atoms with Crippen LogP contribution in [0.15, 0.2) is 26.9 Å². The molecule has 1 saturated heterocycles. The highest BCUT2D eigenvalue weighted by Gasteiger charge is 2.27. The van der Waals surface area contributed by atoms with Crippen molar-refractivity contribution in [1.29, 1.82) is 0 Å². The minimum Gasteiger partial charge on any atom is -0.427 e. The molecule has 2 aromatic heterocycles. The fourth-order valence-corrected chi connectivity index (χ4v) is 3.89. The number of aryl methyl sites for hydroxylation is 1. The molecule has 2 aromatic rings. The molecule has 134 valence electrons. The number of nitrogens with one attached hydrogen (secondary N) is 1. The van der Waals surface area contributed by atoms with Crippen molar-refractivity contribution in [3.8, 4) is 0 Å². The van der Waals surface area contributed by atoms with Crippen LogP contribution in [0, 0.1) is 6.92 Å². The van der Waals surface area contributed by atoms with Gasteiger partial charge in [0.05, 0.1) is 6.04 Å².